The van der Waals surface area contributed by atoms with Gasteiger partial charge in [-0.3, -0.25) is 29.5 Å². The Morgan fingerprint density at radius 1 is 1.03 bits per heavy atom. The van der Waals surface area contributed by atoms with Crippen LogP contribution in [-0.4, -0.2) is 69.2 Å². The van der Waals surface area contributed by atoms with Crippen molar-refractivity contribution in [2.24, 2.45) is 5.73 Å². The van der Waals surface area contributed by atoms with Crippen LogP contribution in [0.3, 0.4) is 0 Å². The van der Waals surface area contributed by atoms with E-state index in [-0.39, 0.29) is 11.4 Å². The third-order valence-corrected chi connectivity index (χ3v) is 6.05. The summed E-state index contributed by atoms with van der Waals surface area (Å²) in [6.45, 7) is 0.584. The predicted octanol–water partition coefficient (Wildman–Crippen LogP) is -0.361. The number of amidine groups is 1. The molecule has 0 aliphatic carbocycles. The second-order valence-electron chi connectivity index (χ2n) is 8.85. The van der Waals surface area contributed by atoms with Gasteiger partial charge in [-0.15, -0.1) is 0 Å². The molecule has 3 rings (SSSR count). The summed E-state index contributed by atoms with van der Waals surface area (Å²) in [5.74, 6) is -5.96. The van der Waals surface area contributed by atoms with Crippen LogP contribution in [0.25, 0.3) is 0 Å². The minimum Gasteiger partial charge on any atom is -0.481 e. The third kappa shape index (κ3) is 6.36. The molecule has 39 heavy (non-hydrogen) atoms. The van der Waals surface area contributed by atoms with Crippen molar-refractivity contribution in [1.29, 1.82) is 5.41 Å². The van der Waals surface area contributed by atoms with Crippen LogP contribution in [0.5, 0.6) is 0 Å². The molecular weight excluding hydrogens is 512 g/mol. The van der Waals surface area contributed by atoms with Crippen LogP contribution in [0.4, 0.5) is 4.79 Å². The Bertz CT molecular complexity index is 1330. The first-order valence-corrected chi connectivity index (χ1v) is 11.5. The number of amides is 5. The van der Waals surface area contributed by atoms with Crippen molar-refractivity contribution in [2.45, 2.75) is 31.0 Å². The lowest BCUT2D eigenvalue weighted by molar-refractivity contribution is -0.144. The summed E-state index contributed by atoms with van der Waals surface area (Å²) < 4.78 is 0. The van der Waals surface area contributed by atoms with Crippen LogP contribution in [0.15, 0.2) is 54.6 Å². The van der Waals surface area contributed by atoms with E-state index in [0.717, 1.165) is 0 Å². The van der Waals surface area contributed by atoms with E-state index >= 15 is 0 Å². The second kappa shape index (κ2) is 11.4. The van der Waals surface area contributed by atoms with Gasteiger partial charge in [0.15, 0.2) is 6.04 Å². The molecule has 8 N–H and O–H groups in total. The van der Waals surface area contributed by atoms with Crippen molar-refractivity contribution in [2.75, 3.05) is 6.54 Å². The number of aliphatic carboxylic acids is 2. The van der Waals surface area contributed by atoms with E-state index in [2.05, 4.69) is 16.0 Å². The van der Waals surface area contributed by atoms with Crippen molar-refractivity contribution < 1.29 is 39.0 Å². The van der Waals surface area contributed by atoms with Gasteiger partial charge in [0.2, 0.25) is 11.8 Å². The molecule has 2 aromatic carbocycles. The lowest BCUT2D eigenvalue weighted by atomic mass is 9.91. The first kappa shape index (κ1) is 28.3. The highest BCUT2D eigenvalue weighted by Gasteiger charge is 2.49. The van der Waals surface area contributed by atoms with Gasteiger partial charge < -0.3 is 31.9 Å². The molecule has 1 aliphatic heterocycles. The minimum absolute atomic E-state index is 0.190. The van der Waals surface area contributed by atoms with Gasteiger partial charge in [-0.25, -0.2) is 9.59 Å². The van der Waals surface area contributed by atoms with Crippen molar-refractivity contribution >= 4 is 41.5 Å². The first-order chi connectivity index (χ1) is 18.3. The summed E-state index contributed by atoms with van der Waals surface area (Å²) in [6, 6.07) is 9.50. The van der Waals surface area contributed by atoms with Crippen molar-refractivity contribution in [3.63, 3.8) is 0 Å². The van der Waals surface area contributed by atoms with E-state index in [1.165, 1.54) is 43.3 Å². The Labute approximate surface area is 221 Å². The maximum absolute atomic E-state index is 13.1. The van der Waals surface area contributed by atoms with E-state index < -0.39 is 66.3 Å². The number of urea groups is 1. The minimum atomic E-state index is -1.70. The second-order valence-corrected chi connectivity index (χ2v) is 8.85. The van der Waals surface area contributed by atoms with E-state index in [1.807, 2.05) is 0 Å². The fourth-order valence-electron chi connectivity index (χ4n) is 3.96. The number of carbonyl (C=O) groups excluding carboxylic acids is 4. The summed E-state index contributed by atoms with van der Waals surface area (Å²) in [7, 11) is 0. The molecule has 0 radical (unpaired) electrons. The molecule has 2 aromatic rings. The van der Waals surface area contributed by atoms with Gasteiger partial charge in [0.1, 0.15) is 24.0 Å². The predicted molar refractivity (Wildman–Crippen MR) is 134 cm³/mol. The molecule has 0 aromatic heterocycles. The van der Waals surface area contributed by atoms with Crippen LogP contribution < -0.4 is 21.7 Å². The van der Waals surface area contributed by atoms with E-state index in [0.29, 0.717) is 16.0 Å². The molecule has 0 spiro atoms. The van der Waals surface area contributed by atoms with Crippen LogP contribution >= 0.6 is 0 Å². The fourth-order valence-corrected chi connectivity index (χ4v) is 3.96. The zero-order valence-corrected chi connectivity index (χ0v) is 20.6. The average Bonchev–Trinajstić information content (AvgIpc) is 3.10. The summed E-state index contributed by atoms with van der Waals surface area (Å²) in [5, 5.41) is 33.1. The zero-order chi connectivity index (χ0) is 28.9. The van der Waals surface area contributed by atoms with E-state index in [1.54, 1.807) is 18.2 Å². The number of hydrogen-bond acceptors (Lipinski definition) is 7. The standard InChI is InChI=1S/C25H26N6O8/c1-25(15-9-7-14(8-10-15)20(26)27)23(38)31(24(39)30-25)12-17(32)28-16(11-18(33)34)21(35)29-19(22(36)37)13-5-3-2-4-6-13/h2-10,16,19H,11-12H2,1H3,(H3,26,27)(H,28,32)(H,29,35)(H,30,39)(H,33,34)(H,36,37)/t16-,19-,25?/m0/s1. The van der Waals surface area contributed by atoms with Crippen LogP contribution in [0, 0.1) is 5.41 Å². The number of benzene rings is 2. The molecule has 0 saturated carbocycles. The molecule has 1 heterocycles. The molecular formula is C25H26N6O8. The Kier molecular flexibility index (Phi) is 8.28. The largest absolute Gasteiger partial charge is 0.481 e. The third-order valence-electron chi connectivity index (χ3n) is 6.05. The fraction of sp³-hybridized carbons (Fsp3) is 0.240. The Morgan fingerprint density at radius 3 is 2.18 bits per heavy atom. The van der Waals surface area contributed by atoms with Gasteiger partial charge in [-0.2, -0.15) is 0 Å². The lowest BCUT2D eigenvalue weighted by Crippen LogP contribution is -2.52. The van der Waals surface area contributed by atoms with Gasteiger partial charge in [0, 0.05) is 5.56 Å². The van der Waals surface area contributed by atoms with E-state index in [9.17, 15) is 39.0 Å². The molecule has 14 nitrogen and oxygen atoms in total. The highest BCUT2D eigenvalue weighted by atomic mass is 16.4. The highest BCUT2D eigenvalue weighted by Crippen LogP contribution is 2.29. The van der Waals surface area contributed by atoms with Crippen molar-refractivity contribution in [3.05, 3.63) is 71.3 Å². The molecule has 5 amide bonds. The Balaban J connectivity index is 1.73. The summed E-state index contributed by atoms with van der Waals surface area (Å²) in [4.78, 5) is 74.9. The molecule has 3 atom stereocenters. The monoisotopic (exact) mass is 538 g/mol. The number of imide groups is 1. The van der Waals surface area contributed by atoms with Gasteiger partial charge in [-0.05, 0) is 18.1 Å². The molecule has 14 heteroatoms. The Morgan fingerprint density at radius 2 is 1.64 bits per heavy atom. The number of carbonyl (C=O) groups is 6. The smallest absolute Gasteiger partial charge is 0.330 e. The number of nitrogen functional groups attached to an aromatic ring is 1. The molecule has 1 unspecified atom stereocenters. The lowest BCUT2D eigenvalue weighted by Gasteiger charge is -2.23. The van der Waals surface area contributed by atoms with Gasteiger partial charge in [0.25, 0.3) is 5.91 Å². The number of nitrogens with zero attached hydrogens (tertiary/aromatic N) is 1. The summed E-state index contributed by atoms with van der Waals surface area (Å²) in [6.07, 6.45) is -0.890. The quantitative estimate of drug-likeness (QED) is 0.112. The molecule has 0 bridgehead atoms. The summed E-state index contributed by atoms with van der Waals surface area (Å²) >= 11 is 0. The van der Waals surface area contributed by atoms with E-state index in [4.69, 9.17) is 11.1 Å². The molecule has 1 fully saturated rings. The number of rotatable bonds is 11. The van der Waals surface area contributed by atoms with Crippen molar-refractivity contribution in [3.8, 4) is 0 Å². The van der Waals surface area contributed by atoms with Crippen LogP contribution in [0.2, 0.25) is 0 Å². The van der Waals surface area contributed by atoms with Crippen LogP contribution in [-0.2, 0) is 29.5 Å². The maximum Gasteiger partial charge on any atom is 0.330 e. The number of hydrogen-bond donors (Lipinski definition) is 7. The topological polar surface area (TPSA) is 232 Å². The zero-order valence-electron chi connectivity index (χ0n) is 20.6. The maximum atomic E-state index is 13.1. The number of nitrogens with two attached hydrogens (primary N) is 1. The normalized spacial score (nSPS) is 18.0. The number of nitrogens with one attached hydrogen (secondary N) is 4. The van der Waals surface area contributed by atoms with Crippen LogP contribution in [0.1, 0.15) is 36.1 Å². The molecule has 204 valence electrons. The molecule has 1 saturated heterocycles. The Hall–Kier alpha value is -5.27. The number of carboxylic acid groups (broad SMARTS) is 2. The van der Waals surface area contributed by atoms with Gasteiger partial charge in [0.05, 0.1) is 6.42 Å². The highest BCUT2D eigenvalue weighted by molar-refractivity contribution is 6.09. The van der Waals surface area contributed by atoms with Gasteiger partial charge >= 0.3 is 18.0 Å². The van der Waals surface area contributed by atoms with Crippen molar-refractivity contribution in [1.82, 2.24) is 20.9 Å². The molecule has 1 aliphatic rings. The summed E-state index contributed by atoms with van der Waals surface area (Å²) in [5.41, 5.74) is 4.87. The average molecular weight is 539 g/mol. The number of carboxylic acids is 2. The first-order valence-electron chi connectivity index (χ1n) is 11.5. The van der Waals surface area contributed by atoms with Gasteiger partial charge in [-0.1, -0.05) is 54.6 Å². The SMILES string of the molecule is CC1(c2ccc(C(=N)N)cc2)NC(=O)N(CC(=O)N[C@@H](CC(=O)O)C(=O)N[C@H](C(=O)O)c2ccccc2)C1=O.